The number of hydrogen-bond donors (Lipinski definition) is 3. The second-order valence-electron chi connectivity index (χ2n) is 7.41. The Morgan fingerprint density at radius 1 is 1.21 bits per heavy atom. The lowest BCUT2D eigenvalue weighted by Crippen LogP contribution is -2.44. The molecule has 7 heteroatoms. The number of rotatable bonds is 7. The molecule has 0 saturated heterocycles. The maximum absolute atomic E-state index is 10.8. The third-order valence-electron chi connectivity index (χ3n) is 5.10. The Morgan fingerprint density at radius 2 is 1.93 bits per heavy atom. The van der Waals surface area contributed by atoms with Crippen LogP contribution in [0, 0.1) is 0 Å². The number of nitrogens with one attached hydrogen (secondary N) is 2. The lowest BCUT2D eigenvalue weighted by atomic mass is 9.96. The van der Waals surface area contributed by atoms with Crippen LogP contribution in [-0.4, -0.2) is 33.9 Å². The van der Waals surface area contributed by atoms with Gasteiger partial charge >= 0.3 is 0 Å². The summed E-state index contributed by atoms with van der Waals surface area (Å²) in [6.07, 6.45) is 7.12. The molecule has 1 unspecified atom stereocenters. The number of halogens is 1. The highest BCUT2D eigenvalue weighted by atomic mass is 127. The van der Waals surface area contributed by atoms with Crippen molar-refractivity contribution in [3.8, 4) is 0 Å². The van der Waals surface area contributed by atoms with Gasteiger partial charge in [0.15, 0.2) is 5.96 Å². The third-order valence-corrected chi connectivity index (χ3v) is 5.10. The summed E-state index contributed by atoms with van der Waals surface area (Å²) in [5, 5.41) is 21.9. The predicted octanol–water partition coefficient (Wildman–Crippen LogP) is 3.58. The molecule has 0 amide bonds. The Hall–Kier alpha value is -1.61. The zero-order chi connectivity index (χ0) is 19.1. The summed E-state index contributed by atoms with van der Waals surface area (Å²) in [4.78, 5) is 4.63. The van der Waals surface area contributed by atoms with E-state index in [4.69, 9.17) is 0 Å². The maximum atomic E-state index is 10.8. The van der Waals surface area contributed by atoms with Crippen molar-refractivity contribution in [2.75, 3.05) is 13.1 Å². The number of aliphatic imine (C=N–C) groups is 1. The first kappa shape index (κ1) is 22.7. The molecule has 0 aliphatic heterocycles. The first-order valence-corrected chi connectivity index (χ1v) is 9.92. The van der Waals surface area contributed by atoms with E-state index in [-0.39, 0.29) is 24.0 Å². The van der Waals surface area contributed by atoms with Crippen LogP contribution in [0.25, 0.3) is 0 Å². The van der Waals surface area contributed by atoms with Gasteiger partial charge in [0.1, 0.15) is 5.60 Å². The Balaban J connectivity index is 0.00000280. The summed E-state index contributed by atoms with van der Waals surface area (Å²) in [5.74, 6) is 0.684. The van der Waals surface area contributed by atoms with E-state index >= 15 is 0 Å². The molecule has 1 heterocycles. The summed E-state index contributed by atoms with van der Waals surface area (Å²) in [7, 11) is 0. The van der Waals surface area contributed by atoms with E-state index in [1.807, 2.05) is 50.2 Å². The van der Waals surface area contributed by atoms with Crippen molar-refractivity contribution in [3.05, 3.63) is 53.9 Å². The molecule has 28 heavy (non-hydrogen) atoms. The van der Waals surface area contributed by atoms with Crippen molar-refractivity contribution >= 4 is 29.9 Å². The van der Waals surface area contributed by atoms with Gasteiger partial charge in [0.25, 0.3) is 0 Å². The van der Waals surface area contributed by atoms with Crippen LogP contribution >= 0.6 is 24.0 Å². The minimum Gasteiger partial charge on any atom is -0.384 e. The zero-order valence-electron chi connectivity index (χ0n) is 16.8. The molecule has 0 radical (unpaired) electrons. The average molecular weight is 497 g/mol. The lowest BCUT2D eigenvalue weighted by molar-refractivity contribution is 0.0617. The van der Waals surface area contributed by atoms with Crippen molar-refractivity contribution in [2.24, 2.45) is 4.99 Å². The van der Waals surface area contributed by atoms with E-state index in [2.05, 4.69) is 31.6 Å². The van der Waals surface area contributed by atoms with E-state index in [1.165, 1.54) is 25.7 Å². The van der Waals surface area contributed by atoms with Gasteiger partial charge in [-0.3, -0.25) is 4.68 Å². The molecule has 1 saturated carbocycles. The molecule has 1 aromatic heterocycles. The molecule has 3 rings (SSSR count). The molecule has 1 aliphatic carbocycles. The topological polar surface area (TPSA) is 74.5 Å². The maximum Gasteiger partial charge on any atom is 0.191 e. The molecule has 0 spiro atoms. The van der Waals surface area contributed by atoms with Crippen LogP contribution in [0.4, 0.5) is 0 Å². The minimum absolute atomic E-state index is 0. The smallest absolute Gasteiger partial charge is 0.191 e. The van der Waals surface area contributed by atoms with Gasteiger partial charge in [-0.25, -0.2) is 4.99 Å². The third kappa shape index (κ3) is 6.20. The Morgan fingerprint density at radius 3 is 2.61 bits per heavy atom. The quantitative estimate of drug-likeness (QED) is 0.311. The summed E-state index contributed by atoms with van der Waals surface area (Å²) >= 11 is 0. The minimum atomic E-state index is -0.971. The lowest BCUT2D eigenvalue weighted by Gasteiger charge is -2.25. The number of nitrogens with zero attached hydrogens (tertiary/aromatic N) is 3. The molecule has 1 aromatic carbocycles. The largest absolute Gasteiger partial charge is 0.384 e. The standard InChI is InChI=1S/C21H31N5O.HI/c1-3-22-20(24-16-21(2,27)17-9-5-4-6-10-17)23-15-18-13-14-26(25-18)19-11-7-8-12-19;/h4-6,9-10,13-14,19,27H,3,7-8,11-12,15-16H2,1-2H3,(H2,22,23,24);1H. The van der Waals surface area contributed by atoms with Gasteiger partial charge in [-0.1, -0.05) is 43.2 Å². The number of benzene rings is 1. The van der Waals surface area contributed by atoms with Crippen LogP contribution in [0.3, 0.4) is 0 Å². The number of guanidine groups is 1. The van der Waals surface area contributed by atoms with Crippen LogP contribution in [0.2, 0.25) is 0 Å². The van der Waals surface area contributed by atoms with E-state index < -0.39 is 5.60 Å². The van der Waals surface area contributed by atoms with Crippen LogP contribution in [0.15, 0.2) is 47.6 Å². The van der Waals surface area contributed by atoms with Gasteiger partial charge in [-0.15, -0.1) is 24.0 Å². The van der Waals surface area contributed by atoms with Gasteiger partial charge in [-0.05, 0) is 38.3 Å². The van der Waals surface area contributed by atoms with Crippen LogP contribution in [0.5, 0.6) is 0 Å². The van der Waals surface area contributed by atoms with Crippen molar-refractivity contribution in [3.63, 3.8) is 0 Å². The van der Waals surface area contributed by atoms with Gasteiger partial charge < -0.3 is 15.7 Å². The van der Waals surface area contributed by atoms with Crippen molar-refractivity contribution in [1.29, 1.82) is 0 Å². The molecule has 0 bridgehead atoms. The van der Waals surface area contributed by atoms with Gasteiger partial charge in [0, 0.05) is 12.7 Å². The fourth-order valence-corrected chi connectivity index (χ4v) is 3.49. The van der Waals surface area contributed by atoms with Crippen molar-refractivity contribution in [1.82, 2.24) is 20.4 Å². The molecule has 1 atom stereocenters. The Kier molecular flexibility index (Phi) is 8.75. The molecule has 1 aliphatic rings. The van der Waals surface area contributed by atoms with Gasteiger partial charge in [0.2, 0.25) is 0 Å². The average Bonchev–Trinajstić information content (AvgIpc) is 3.36. The first-order valence-electron chi connectivity index (χ1n) is 9.92. The van der Waals surface area contributed by atoms with E-state index in [9.17, 15) is 5.11 Å². The highest BCUT2D eigenvalue weighted by Crippen LogP contribution is 2.28. The zero-order valence-corrected chi connectivity index (χ0v) is 19.1. The highest BCUT2D eigenvalue weighted by molar-refractivity contribution is 14.0. The van der Waals surface area contributed by atoms with Crippen LogP contribution in [-0.2, 0) is 12.1 Å². The Bertz CT molecular complexity index is 738. The number of aliphatic hydroxyl groups is 1. The van der Waals surface area contributed by atoms with Gasteiger partial charge in [0.05, 0.1) is 24.8 Å². The number of aromatic nitrogens is 2. The monoisotopic (exact) mass is 497 g/mol. The second kappa shape index (κ2) is 10.8. The molecule has 3 N–H and O–H groups in total. The molecular weight excluding hydrogens is 465 g/mol. The second-order valence-corrected chi connectivity index (χ2v) is 7.41. The summed E-state index contributed by atoms with van der Waals surface area (Å²) in [6, 6.07) is 12.3. The SMILES string of the molecule is CCNC(=NCc1ccn(C2CCCC2)n1)NCC(C)(O)c1ccccc1.I. The molecule has 6 nitrogen and oxygen atoms in total. The van der Waals surface area contributed by atoms with Crippen LogP contribution in [0.1, 0.15) is 56.8 Å². The summed E-state index contributed by atoms with van der Waals surface area (Å²) < 4.78 is 2.10. The Labute approximate surface area is 184 Å². The van der Waals surface area contributed by atoms with Crippen molar-refractivity contribution in [2.45, 2.75) is 57.7 Å². The highest BCUT2D eigenvalue weighted by Gasteiger charge is 2.23. The molecule has 1 fully saturated rings. The van der Waals surface area contributed by atoms with Gasteiger partial charge in [-0.2, -0.15) is 5.10 Å². The molecule has 154 valence electrons. The predicted molar refractivity (Wildman–Crippen MR) is 124 cm³/mol. The fourth-order valence-electron chi connectivity index (χ4n) is 3.49. The van der Waals surface area contributed by atoms with E-state index in [0.717, 1.165) is 17.8 Å². The van der Waals surface area contributed by atoms with Crippen LogP contribution < -0.4 is 10.6 Å². The molecular formula is C21H32IN5O. The first-order chi connectivity index (χ1) is 13.1. The number of hydrogen-bond acceptors (Lipinski definition) is 3. The summed E-state index contributed by atoms with van der Waals surface area (Å²) in [6.45, 7) is 5.49. The van der Waals surface area contributed by atoms with Crippen molar-refractivity contribution < 1.29 is 5.11 Å². The van der Waals surface area contributed by atoms with E-state index in [1.54, 1.807) is 0 Å². The summed E-state index contributed by atoms with van der Waals surface area (Å²) in [5.41, 5.74) is 0.874. The van der Waals surface area contributed by atoms with E-state index in [0.29, 0.717) is 25.1 Å². The fraction of sp³-hybridized carbons (Fsp3) is 0.524. The molecule has 2 aromatic rings. The normalized spacial score (nSPS) is 17.0.